The van der Waals surface area contributed by atoms with Crippen molar-refractivity contribution in [2.45, 2.75) is 31.6 Å². The SMILES string of the molecule is Cc1ccc(NC(=O)C2CCCN(S(=O)(=O)c3ccc(Cl)cc3)C2)cc1C. The Balaban J connectivity index is 1.72. The molecule has 1 saturated heterocycles. The highest BCUT2D eigenvalue weighted by atomic mass is 35.5. The predicted molar refractivity (Wildman–Crippen MR) is 107 cm³/mol. The van der Waals surface area contributed by atoms with Gasteiger partial charge in [-0.05, 0) is 74.2 Å². The van der Waals surface area contributed by atoms with Crippen molar-refractivity contribution in [2.75, 3.05) is 18.4 Å². The average Bonchev–Trinajstić information content (AvgIpc) is 2.65. The number of sulfonamides is 1. The molecule has 5 nitrogen and oxygen atoms in total. The lowest BCUT2D eigenvalue weighted by Gasteiger charge is -2.31. The van der Waals surface area contributed by atoms with Gasteiger partial charge >= 0.3 is 0 Å². The summed E-state index contributed by atoms with van der Waals surface area (Å²) in [7, 11) is -3.64. The van der Waals surface area contributed by atoms with Crippen LogP contribution in [0.3, 0.4) is 0 Å². The van der Waals surface area contributed by atoms with E-state index in [9.17, 15) is 13.2 Å². The summed E-state index contributed by atoms with van der Waals surface area (Å²) >= 11 is 5.85. The first-order valence-corrected chi connectivity index (χ1v) is 10.7. The summed E-state index contributed by atoms with van der Waals surface area (Å²) in [5, 5.41) is 3.41. The van der Waals surface area contributed by atoms with Crippen LogP contribution in [0.4, 0.5) is 5.69 Å². The van der Waals surface area contributed by atoms with Crippen LogP contribution in [0.2, 0.25) is 5.02 Å². The van der Waals surface area contributed by atoms with Crippen molar-refractivity contribution in [1.29, 1.82) is 0 Å². The van der Waals surface area contributed by atoms with Crippen molar-refractivity contribution in [2.24, 2.45) is 5.92 Å². The quantitative estimate of drug-likeness (QED) is 0.834. The molecule has 1 fully saturated rings. The van der Waals surface area contributed by atoms with Crippen LogP contribution in [-0.2, 0) is 14.8 Å². The van der Waals surface area contributed by atoms with E-state index >= 15 is 0 Å². The third-order valence-electron chi connectivity index (χ3n) is 4.98. The van der Waals surface area contributed by atoms with E-state index in [4.69, 9.17) is 11.6 Å². The molecular weight excluding hydrogens is 384 g/mol. The van der Waals surface area contributed by atoms with Crippen LogP contribution in [0.1, 0.15) is 24.0 Å². The highest BCUT2D eigenvalue weighted by molar-refractivity contribution is 7.89. The van der Waals surface area contributed by atoms with Crippen molar-refractivity contribution < 1.29 is 13.2 Å². The first kappa shape index (κ1) is 19.9. The molecule has 0 saturated carbocycles. The van der Waals surface area contributed by atoms with Crippen molar-refractivity contribution >= 4 is 33.2 Å². The van der Waals surface area contributed by atoms with Crippen LogP contribution in [0.25, 0.3) is 0 Å². The number of hydrogen-bond acceptors (Lipinski definition) is 3. The monoisotopic (exact) mass is 406 g/mol. The third kappa shape index (κ3) is 4.51. The summed E-state index contributed by atoms with van der Waals surface area (Å²) in [5.41, 5.74) is 3.00. The zero-order valence-electron chi connectivity index (χ0n) is 15.4. The van der Waals surface area contributed by atoms with E-state index in [2.05, 4.69) is 5.32 Å². The fourth-order valence-electron chi connectivity index (χ4n) is 3.19. The number of halogens is 1. The number of carbonyl (C=O) groups is 1. The number of nitrogens with one attached hydrogen (secondary N) is 1. The lowest BCUT2D eigenvalue weighted by Crippen LogP contribution is -2.43. The Morgan fingerprint density at radius 2 is 1.81 bits per heavy atom. The van der Waals surface area contributed by atoms with Crippen molar-refractivity contribution in [3.63, 3.8) is 0 Å². The van der Waals surface area contributed by atoms with E-state index in [-0.39, 0.29) is 23.3 Å². The Bertz CT molecular complexity index is 942. The molecule has 1 aliphatic heterocycles. The first-order valence-electron chi connectivity index (χ1n) is 8.91. The minimum absolute atomic E-state index is 0.144. The molecule has 144 valence electrons. The van der Waals surface area contributed by atoms with E-state index in [1.54, 1.807) is 12.1 Å². The van der Waals surface area contributed by atoms with Gasteiger partial charge in [-0.25, -0.2) is 8.42 Å². The number of anilines is 1. The number of aryl methyl sites for hydroxylation is 2. The molecular formula is C20H23ClN2O3S. The Morgan fingerprint density at radius 1 is 1.11 bits per heavy atom. The van der Waals surface area contributed by atoms with Gasteiger partial charge in [-0.3, -0.25) is 4.79 Å². The number of amides is 1. The van der Waals surface area contributed by atoms with E-state index in [1.807, 2.05) is 32.0 Å². The van der Waals surface area contributed by atoms with Crippen LogP contribution < -0.4 is 5.32 Å². The minimum atomic E-state index is -3.64. The highest BCUT2D eigenvalue weighted by Crippen LogP contribution is 2.26. The van der Waals surface area contributed by atoms with Gasteiger partial charge in [0.2, 0.25) is 15.9 Å². The van der Waals surface area contributed by atoms with Crippen LogP contribution in [0.5, 0.6) is 0 Å². The number of rotatable bonds is 4. The van der Waals surface area contributed by atoms with Crippen molar-refractivity contribution in [3.8, 4) is 0 Å². The lowest BCUT2D eigenvalue weighted by atomic mass is 9.98. The van der Waals surface area contributed by atoms with E-state index < -0.39 is 10.0 Å². The molecule has 1 atom stereocenters. The highest BCUT2D eigenvalue weighted by Gasteiger charge is 2.33. The molecule has 7 heteroatoms. The Morgan fingerprint density at radius 3 is 2.48 bits per heavy atom. The summed E-state index contributed by atoms with van der Waals surface area (Å²) < 4.78 is 27.1. The molecule has 0 aliphatic carbocycles. The van der Waals surface area contributed by atoms with Gasteiger partial charge in [0, 0.05) is 23.8 Å². The Labute approximate surface area is 165 Å². The normalized spacial score (nSPS) is 18.3. The molecule has 3 rings (SSSR count). The van der Waals surface area contributed by atoms with E-state index in [1.165, 1.54) is 16.4 Å². The van der Waals surface area contributed by atoms with Crippen LogP contribution in [0.15, 0.2) is 47.4 Å². The smallest absolute Gasteiger partial charge is 0.243 e. The molecule has 0 radical (unpaired) electrons. The summed E-state index contributed by atoms with van der Waals surface area (Å²) in [4.78, 5) is 12.9. The fourth-order valence-corrected chi connectivity index (χ4v) is 4.84. The van der Waals surface area contributed by atoms with Crippen molar-refractivity contribution in [3.05, 3.63) is 58.6 Å². The zero-order chi connectivity index (χ0) is 19.6. The van der Waals surface area contributed by atoms with Crippen LogP contribution in [-0.4, -0.2) is 31.7 Å². The molecule has 27 heavy (non-hydrogen) atoms. The molecule has 0 bridgehead atoms. The molecule has 0 aromatic heterocycles. The molecule has 1 unspecified atom stereocenters. The van der Waals surface area contributed by atoms with E-state index in [0.29, 0.717) is 24.4 Å². The van der Waals surface area contributed by atoms with Gasteiger partial charge in [-0.2, -0.15) is 4.31 Å². The number of piperidine rings is 1. The van der Waals surface area contributed by atoms with Gasteiger partial charge in [-0.1, -0.05) is 17.7 Å². The molecule has 1 aliphatic rings. The molecule has 2 aromatic rings. The lowest BCUT2D eigenvalue weighted by molar-refractivity contribution is -0.120. The molecule has 2 aromatic carbocycles. The molecule has 1 heterocycles. The second-order valence-electron chi connectivity index (χ2n) is 6.94. The molecule has 1 amide bonds. The first-order chi connectivity index (χ1) is 12.8. The van der Waals surface area contributed by atoms with Crippen LogP contribution >= 0.6 is 11.6 Å². The van der Waals surface area contributed by atoms with Gasteiger partial charge < -0.3 is 5.32 Å². The summed E-state index contributed by atoms with van der Waals surface area (Å²) in [6, 6.07) is 11.9. The maximum absolute atomic E-state index is 12.9. The Hall–Kier alpha value is -1.89. The largest absolute Gasteiger partial charge is 0.326 e. The number of nitrogens with zero attached hydrogens (tertiary/aromatic N) is 1. The second kappa shape index (κ2) is 8.00. The third-order valence-corrected chi connectivity index (χ3v) is 7.11. The van der Waals surface area contributed by atoms with Gasteiger partial charge in [0.25, 0.3) is 0 Å². The number of carbonyl (C=O) groups excluding carboxylic acids is 1. The summed E-state index contributed by atoms with van der Waals surface area (Å²) in [6.45, 7) is 4.60. The standard InChI is InChI=1S/C20H23ClN2O3S/c1-14-5-8-18(12-15(14)2)22-20(24)16-4-3-11-23(13-16)27(25,26)19-9-6-17(21)7-10-19/h5-10,12,16H,3-4,11,13H2,1-2H3,(H,22,24). The number of benzene rings is 2. The topological polar surface area (TPSA) is 66.5 Å². The molecule has 1 N–H and O–H groups in total. The van der Waals surface area contributed by atoms with Gasteiger partial charge in [-0.15, -0.1) is 0 Å². The maximum Gasteiger partial charge on any atom is 0.243 e. The maximum atomic E-state index is 12.9. The Kier molecular flexibility index (Phi) is 5.89. The minimum Gasteiger partial charge on any atom is -0.326 e. The number of hydrogen-bond donors (Lipinski definition) is 1. The van der Waals surface area contributed by atoms with Gasteiger partial charge in [0.05, 0.1) is 10.8 Å². The van der Waals surface area contributed by atoms with Gasteiger partial charge in [0.1, 0.15) is 0 Å². The summed E-state index contributed by atoms with van der Waals surface area (Å²) in [6.07, 6.45) is 1.32. The molecule has 0 spiro atoms. The zero-order valence-corrected chi connectivity index (χ0v) is 17.0. The van der Waals surface area contributed by atoms with Gasteiger partial charge in [0.15, 0.2) is 0 Å². The summed E-state index contributed by atoms with van der Waals surface area (Å²) in [5.74, 6) is -0.517. The second-order valence-corrected chi connectivity index (χ2v) is 9.32. The van der Waals surface area contributed by atoms with Crippen molar-refractivity contribution in [1.82, 2.24) is 4.31 Å². The average molecular weight is 407 g/mol. The fraction of sp³-hybridized carbons (Fsp3) is 0.350. The van der Waals surface area contributed by atoms with Crippen LogP contribution in [0, 0.1) is 19.8 Å². The predicted octanol–water partition coefficient (Wildman–Crippen LogP) is 4.00. The van der Waals surface area contributed by atoms with E-state index in [0.717, 1.165) is 16.8 Å².